The Labute approximate surface area is 117 Å². The lowest BCUT2D eigenvalue weighted by atomic mass is 10.3. The first-order chi connectivity index (χ1) is 9.61. The average Bonchev–Trinajstić information content (AvgIpc) is 2.80. The molecule has 2 aromatic carbocycles. The zero-order chi connectivity index (χ0) is 14.1. The van der Waals surface area contributed by atoms with E-state index in [-0.39, 0.29) is 11.6 Å². The third kappa shape index (κ3) is 2.55. The van der Waals surface area contributed by atoms with E-state index in [0.717, 1.165) is 11.0 Å². The van der Waals surface area contributed by atoms with Crippen LogP contribution >= 0.6 is 0 Å². The van der Waals surface area contributed by atoms with Gasteiger partial charge in [0.2, 0.25) is 0 Å². The Kier molecular flexibility index (Phi) is 3.23. The van der Waals surface area contributed by atoms with Crippen LogP contribution in [-0.4, -0.2) is 14.2 Å². The lowest BCUT2D eigenvalue weighted by Crippen LogP contribution is -1.98. The molecular formula is C14H12FN3OS. The van der Waals surface area contributed by atoms with Gasteiger partial charge in [-0.1, -0.05) is 0 Å². The molecule has 0 fully saturated rings. The Morgan fingerprint density at radius 2 is 1.95 bits per heavy atom. The predicted molar refractivity (Wildman–Crippen MR) is 77.0 cm³/mol. The second-order valence-corrected chi connectivity index (χ2v) is 5.85. The van der Waals surface area contributed by atoms with Crippen molar-refractivity contribution in [1.82, 2.24) is 9.97 Å². The third-order valence-electron chi connectivity index (χ3n) is 2.90. The summed E-state index contributed by atoms with van der Waals surface area (Å²) in [5.74, 6) is 0.526. The smallest absolute Gasteiger partial charge is 0.123 e. The van der Waals surface area contributed by atoms with E-state index in [9.17, 15) is 8.60 Å². The Hall–Kier alpha value is -2.21. The number of halogens is 1. The molecule has 0 radical (unpaired) electrons. The van der Waals surface area contributed by atoms with Gasteiger partial charge in [0.25, 0.3) is 0 Å². The maximum atomic E-state index is 12.8. The number of nitrogens with one attached hydrogen (secondary N) is 1. The van der Waals surface area contributed by atoms with Crippen LogP contribution in [0.1, 0.15) is 5.82 Å². The van der Waals surface area contributed by atoms with E-state index in [1.165, 1.54) is 24.3 Å². The number of fused-ring (bicyclic) bond motifs is 1. The topological polar surface area (TPSA) is 71.8 Å². The summed E-state index contributed by atoms with van der Waals surface area (Å²) in [7, 11) is -1.27. The quantitative estimate of drug-likeness (QED) is 0.728. The van der Waals surface area contributed by atoms with Crippen molar-refractivity contribution in [3.63, 3.8) is 0 Å². The van der Waals surface area contributed by atoms with Gasteiger partial charge in [0.05, 0.1) is 27.6 Å². The number of aromatic nitrogens is 2. The summed E-state index contributed by atoms with van der Waals surface area (Å²) >= 11 is 0. The monoisotopic (exact) mass is 289 g/mol. The number of hydrogen-bond acceptors (Lipinski definition) is 3. The van der Waals surface area contributed by atoms with Gasteiger partial charge in [-0.05, 0) is 42.5 Å². The Morgan fingerprint density at radius 1 is 1.20 bits per heavy atom. The van der Waals surface area contributed by atoms with Gasteiger partial charge in [0, 0.05) is 10.6 Å². The van der Waals surface area contributed by atoms with Gasteiger partial charge in [0.1, 0.15) is 11.6 Å². The number of H-pyrrole nitrogens is 1. The molecule has 0 aliphatic rings. The Morgan fingerprint density at radius 3 is 2.70 bits per heavy atom. The lowest BCUT2D eigenvalue weighted by Gasteiger charge is -1.99. The van der Waals surface area contributed by atoms with Gasteiger partial charge in [-0.3, -0.25) is 4.21 Å². The van der Waals surface area contributed by atoms with Crippen molar-refractivity contribution in [2.24, 2.45) is 0 Å². The van der Waals surface area contributed by atoms with Crippen molar-refractivity contribution in [2.45, 2.75) is 10.6 Å². The number of rotatable bonds is 3. The number of benzene rings is 2. The number of nitrogens with zero attached hydrogens (tertiary/aromatic N) is 1. The molecule has 20 heavy (non-hydrogen) atoms. The van der Waals surface area contributed by atoms with Crippen LogP contribution in [0.5, 0.6) is 0 Å². The average molecular weight is 289 g/mol. The highest BCUT2D eigenvalue weighted by Crippen LogP contribution is 2.17. The summed E-state index contributed by atoms with van der Waals surface area (Å²) in [5, 5.41) is 0. The van der Waals surface area contributed by atoms with Crippen LogP contribution in [0.4, 0.5) is 10.1 Å². The molecule has 0 amide bonds. The number of nitrogen functional groups attached to an aromatic ring is 1. The standard InChI is InChI=1S/C14H12FN3OS/c15-9-1-4-11(5-2-9)20(19)8-14-17-12-6-3-10(16)7-13(12)18-14/h1-7H,8,16H2,(H,17,18). The fourth-order valence-corrected chi connectivity index (χ4v) is 2.93. The molecule has 3 aromatic rings. The van der Waals surface area contributed by atoms with Crippen molar-refractivity contribution in [3.8, 4) is 0 Å². The van der Waals surface area contributed by atoms with Gasteiger partial charge in [0.15, 0.2) is 0 Å². The van der Waals surface area contributed by atoms with Gasteiger partial charge in [-0.25, -0.2) is 9.37 Å². The van der Waals surface area contributed by atoms with E-state index in [2.05, 4.69) is 9.97 Å². The van der Waals surface area contributed by atoms with Crippen molar-refractivity contribution >= 4 is 27.5 Å². The van der Waals surface area contributed by atoms with E-state index < -0.39 is 10.8 Å². The molecule has 3 rings (SSSR count). The molecule has 4 nitrogen and oxygen atoms in total. The van der Waals surface area contributed by atoms with Crippen LogP contribution in [-0.2, 0) is 16.6 Å². The summed E-state index contributed by atoms with van der Waals surface area (Å²) in [4.78, 5) is 8.02. The van der Waals surface area contributed by atoms with Crippen LogP contribution in [0, 0.1) is 5.82 Å². The van der Waals surface area contributed by atoms with E-state index in [1.54, 1.807) is 12.1 Å². The van der Waals surface area contributed by atoms with Crippen LogP contribution < -0.4 is 5.73 Å². The molecule has 0 bridgehead atoms. The number of imidazole rings is 1. The summed E-state index contributed by atoms with van der Waals surface area (Å²) in [5.41, 5.74) is 7.94. The molecule has 0 aliphatic carbocycles. The maximum absolute atomic E-state index is 12.8. The van der Waals surface area contributed by atoms with E-state index in [0.29, 0.717) is 16.4 Å². The summed E-state index contributed by atoms with van der Waals surface area (Å²) in [6.07, 6.45) is 0. The largest absolute Gasteiger partial charge is 0.399 e. The van der Waals surface area contributed by atoms with Crippen molar-refractivity contribution < 1.29 is 8.60 Å². The Balaban J connectivity index is 1.85. The second kappa shape index (κ2) is 5.05. The minimum absolute atomic E-state index is 0.250. The van der Waals surface area contributed by atoms with Crippen LogP contribution in [0.15, 0.2) is 47.4 Å². The molecule has 1 unspecified atom stereocenters. The first kappa shape index (κ1) is 12.8. The van der Waals surface area contributed by atoms with Crippen LogP contribution in [0.25, 0.3) is 11.0 Å². The van der Waals surface area contributed by atoms with E-state index in [4.69, 9.17) is 5.73 Å². The highest BCUT2D eigenvalue weighted by atomic mass is 32.2. The Bertz CT molecular complexity index is 783. The highest BCUT2D eigenvalue weighted by Gasteiger charge is 2.09. The molecule has 0 spiro atoms. The molecule has 102 valence electrons. The van der Waals surface area contributed by atoms with Crippen molar-refractivity contribution in [2.75, 3.05) is 5.73 Å². The highest BCUT2D eigenvalue weighted by molar-refractivity contribution is 7.84. The molecule has 6 heteroatoms. The van der Waals surface area contributed by atoms with Gasteiger partial charge < -0.3 is 10.7 Å². The molecule has 1 heterocycles. The SMILES string of the molecule is Nc1ccc2nc(CS(=O)c3ccc(F)cc3)[nH]c2c1. The third-order valence-corrected chi connectivity index (χ3v) is 4.23. The zero-order valence-electron chi connectivity index (χ0n) is 10.5. The van der Waals surface area contributed by atoms with E-state index >= 15 is 0 Å². The number of aromatic amines is 1. The summed E-state index contributed by atoms with van der Waals surface area (Å²) in [6, 6.07) is 11.0. The van der Waals surface area contributed by atoms with Crippen LogP contribution in [0.2, 0.25) is 0 Å². The first-order valence-electron chi connectivity index (χ1n) is 6.00. The van der Waals surface area contributed by atoms with Crippen molar-refractivity contribution in [3.05, 3.63) is 54.1 Å². The molecular weight excluding hydrogens is 277 g/mol. The minimum atomic E-state index is -1.27. The normalized spacial score (nSPS) is 12.7. The molecule has 0 aliphatic heterocycles. The number of nitrogens with two attached hydrogens (primary N) is 1. The summed E-state index contributed by atoms with van der Waals surface area (Å²) < 4.78 is 25.0. The number of hydrogen-bond donors (Lipinski definition) is 2. The van der Waals surface area contributed by atoms with Gasteiger partial charge in [-0.15, -0.1) is 0 Å². The predicted octanol–water partition coefficient (Wildman–Crippen LogP) is 2.59. The second-order valence-electron chi connectivity index (χ2n) is 4.40. The van der Waals surface area contributed by atoms with Crippen LogP contribution in [0.3, 0.4) is 0 Å². The first-order valence-corrected chi connectivity index (χ1v) is 7.32. The van der Waals surface area contributed by atoms with E-state index in [1.807, 2.05) is 6.07 Å². The zero-order valence-corrected chi connectivity index (χ0v) is 11.3. The molecule has 0 saturated heterocycles. The maximum Gasteiger partial charge on any atom is 0.123 e. The van der Waals surface area contributed by atoms with Gasteiger partial charge >= 0.3 is 0 Å². The molecule has 1 atom stereocenters. The molecule has 3 N–H and O–H groups in total. The molecule has 1 aromatic heterocycles. The van der Waals surface area contributed by atoms with Crippen molar-refractivity contribution in [1.29, 1.82) is 0 Å². The molecule has 0 saturated carbocycles. The summed E-state index contributed by atoms with van der Waals surface area (Å²) in [6.45, 7) is 0. The van der Waals surface area contributed by atoms with Gasteiger partial charge in [-0.2, -0.15) is 0 Å². The lowest BCUT2D eigenvalue weighted by molar-refractivity contribution is 0.626. The fraction of sp³-hybridized carbons (Fsp3) is 0.0714. The number of anilines is 1. The fourth-order valence-electron chi connectivity index (χ4n) is 1.94. The minimum Gasteiger partial charge on any atom is -0.399 e.